The van der Waals surface area contributed by atoms with Crippen molar-refractivity contribution >= 4 is 5.97 Å². The van der Waals surface area contributed by atoms with Gasteiger partial charge in [0.2, 0.25) is 0 Å². The molecule has 16 heavy (non-hydrogen) atoms. The van der Waals surface area contributed by atoms with Crippen LogP contribution in [0, 0.1) is 0 Å². The smallest absolute Gasteiger partial charge is 0.307 e. The van der Waals surface area contributed by atoms with Crippen LogP contribution < -0.4 is 4.74 Å². The molecule has 0 unspecified atom stereocenters. The average Bonchev–Trinajstić information content (AvgIpc) is 2.13. The van der Waals surface area contributed by atoms with Gasteiger partial charge >= 0.3 is 5.97 Å². The largest absolute Gasteiger partial charge is 0.491 e. The molecule has 0 spiro atoms. The Hall–Kier alpha value is -1.55. The molecule has 0 bridgehead atoms. The molecule has 0 aliphatic rings. The molecule has 4 nitrogen and oxygen atoms in total. The highest BCUT2D eigenvalue weighted by Gasteiger charge is 2.13. The molecular formula is C12H16O4. The molecule has 88 valence electrons. The lowest BCUT2D eigenvalue weighted by molar-refractivity contribution is -0.136. The van der Waals surface area contributed by atoms with Crippen LogP contribution in [0.3, 0.4) is 0 Å². The van der Waals surface area contributed by atoms with E-state index in [1.54, 1.807) is 38.1 Å². The zero-order chi connectivity index (χ0) is 12.2. The van der Waals surface area contributed by atoms with E-state index in [-0.39, 0.29) is 13.0 Å². The fraction of sp³-hybridized carbons (Fsp3) is 0.417. The Morgan fingerprint density at radius 3 is 2.69 bits per heavy atom. The Morgan fingerprint density at radius 1 is 1.44 bits per heavy atom. The van der Waals surface area contributed by atoms with Crippen molar-refractivity contribution in [3.63, 3.8) is 0 Å². The number of benzene rings is 1. The van der Waals surface area contributed by atoms with Crippen molar-refractivity contribution in [1.82, 2.24) is 0 Å². The van der Waals surface area contributed by atoms with Crippen molar-refractivity contribution in [2.45, 2.75) is 25.9 Å². The first kappa shape index (κ1) is 12.5. The summed E-state index contributed by atoms with van der Waals surface area (Å²) in [5.41, 5.74) is -0.219. The van der Waals surface area contributed by atoms with Gasteiger partial charge in [-0.3, -0.25) is 4.79 Å². The normalized spacial score (nSPS) is 11.2. The molecule has 1 rings (SSSR count). The zero-order valence-corrected chi connectivity index (χ0v) is 9.43. The van der Waals surface area contributed by atoms with Crippen molar-refractivity contribution in [3.8, 4) is 5.75 Å². The number of rotatable bonds is 5. The van der Waals surface area contributed by atoms with Crippen LogP contribution in [0.5, 0.6) is 5.75 Å². The fourth-order valence-electron chi connectivity index (χ4n) is 1.18. The first-order valence-corrected chi connectivity index (χ1v) is 5.03. The van der Waals surface area contributed by atoms with Crippen molar-refractivity contribution in [2.24, 2.45) is 0 Å². The number of carbonyl (C=O) groups is 1. The SMILES string of the molecule is CC(C)(O)COc1cccc(CC(=O)O)c1. The third-order valence-electron chi connectivity index (χ3n) is 1.85. The topological polar surface area (TPSA) is 66.8 Å². The summed E-state index contributed by atoms with van der Waals surface area (Å²) in [7, 11) is 0. The number of aliphatic hydroxyl groups is 1. The Kier molecular flexibility index (Phi) is 3.90. The summed E-state index contributed by atoms with van der Waals surface area (Å²) >= 11 is 0. The van der Waals surface area contributed by atoms with Crippen LogP contribution in [0.15, 0.2) is 24.3 Å². The van der Waals surface area contributed by atoms with Crippen molar-refractivity contribution in [1.29, 1.82) is 0 Å². The average molecular weight is 224 g/mol. The molecule has 2 N–H and O–H groups in total. The van der Waals surface area contributed by atoms with Gasteiger partial charge in [0.05, 0.1) is 12.0 Å². The lowest BCUT2D eigenvalue weighted by Crippen LogP contribution is -2.27. The minimum Gasteiger partial charge on any atom is -0.491 e. The highest BCUT2D eigenvalue weighted by Crippen LogP contribution is 2.15. The van der Waals surface area contributed by atoms with E-state index in [4.69, 9.17) is 9.84 Å². The summed E-state index contributed by atoms with van der Waals surface area (Å²) in [5.74, 6) is -0.305. The highest BCUT2D eigenvalue weighted by molar-refractivity contribution is 5.70. The van der Waals surface area contributed by atoms with Gasteiger partial charge in [0.25, 0.3) is 0 Å². The van der Waals surface area contributed by atoms with Gasteiger partial charge in [-0.25, -0.2) is 0 Å². The maximum absolute atomic E-state index is 10.5. The second-order valence-corrected chi connectivity index (χ2v) is 4.32. The van der Waals surface area contributed by atoms with E-state index in [1.807, 2.05) is 0 Å². The zero-order valence-electron chi connectivity index (χ0n) is 9.43. The van der Waals surface area contributed by atoms with Crippen LogP contribution in [0.25, 0.3) is 0 Å². The van der Waals surface area contributed by atoms with E-state index in [0.29, 0.717) is 11.3 Å². The minimum absolute atomic E-state index is 0.0281. The monoisotopic (exact) mass is 224 g/mol. The third-order valence-corrected chi connectivity index (χ3v) is 1.85. The van der Waals surface area contributed by atoms with Gasteiger partial charge in [0, 0.05) is 0 Å². The number of carboxylic acids is 1. The Bertz CT molecular complexity index is 366. The summed E-state index contributed by atoms with van der Waals surface area (Å²) in [6.45, 7) is 3.46. The third kappa shape index (κ3) is 4.79. The Morgan fingerprint density at radius 2 is 2.12 bits per heavy atom. The molecule has 0 aliphatic carbocycles. The molecule has 0 heterocycles. The first-order valence-electron chi connectivity index (χ1n) is 5.03. The summed E-state index contributed by atoms with van der Waals surface area (Å²) < 4.78 is 5.35. The molecule has 0 amide bonds. The molecule has 0 aliphatic heterocycles. The van der Waals surface area contributed by atoms with Crippen LogP contribution >= 0.6 is 0 Å². The predicted molar refractivity (Wildman–Crippen MR) is 59.6 cm³/mol. The lowest BCUT2D eigenvalue weighted by Gasteiger charge is -2.17. The highest BCUT2D eigenvalue weighted by atomic mass is 16.5. The van der Waals surface area contributed by atoms with Gasteiger partial charge < -0.3 is 14.9 Å². The van der Waals surface area contributed by atoms with Crippen molar-refractivity contribution < 1.29 is 19.7 Å². The molecule has 0 aromatic heterocycles. The summed E-state index contributed by atoms with van der Waals surface area (Å²) in [6, 6.07) is 6.86. The standard InChI is InChI=1S/C12H16O4/c1-12(2,15)8-16-10-5-3-4-9(6-10)7-11(13)14/h3-6,15H,7-8H2,1-2H3,(H,13,14). The van der Waals surface area contributed by atoms with Crippen molar-refractivity contribution in [2.75, 3.05) is 6.61 Å². The van der Waals surface area contributed by atoms with E-state index in [9.17, 15) is 9.90 Å². The van der Waals surface area contributed by atoms with E-state index in [2.05, 4.69) is 0 Å². The second kappa shape index (κ2) is 4.99. The number of hydrogen-bond acceptors (Lipinski definition) is 3. The lowest BCUT2D eigenvalue weighted by atomic mass is 10.1. The Labute approximate surface area is 94.5 Å². The first-order chi connectivity index (χ1) is 7.37. The van der Waals surface area contributed by atoms with Crippen LogP contribution in [-0.4, -0.2) is 28.4 Å². The maximum Gasteiger partial charge on any atom is 0.307 e. The van der Waals surface area contributed by atoms with Crippen LogP contribution in [-0.2, 0) is 11.2 Å². The number of ether oxygens (including phenoxy) is 1. The Balaban J connectivity index is 2.64. The van der Waals surface area contributed by atoms with E-state index in [0.717, 1.165) is 0 Å². The van der Waals surface area contributed by atoms with Crippen LogP contribution in [0.1, 0.15) is 19.4 Å². The fourth-order valence-corrected chi connectivity index (χ4v) is 1.18. The molecule has 1 aromatic carbocycles. The van der Waals surface area contributed by atoms with E-state index >= 15 is 0 Å². The van der Waals surface area contributed by atoms with Gasteiger partial charge in [-0.05, 0) is 31.5 Å². The molecule has 0 fully saturated rings. The van der Waals surface area contributed by atoms with Gasteiger partial charge in [0.1, 0.15) is 12.4 Å². The molecule has 0 saturated carbocycles. The maximum atomic E-state index is 10.5. The van der Waals surface area contributed by atoms with Crippen molar-refractivity contribution in [3.05, 3.63) is 29.8 Å². The molecule has 0 atom stereocenters. The molecular weight excluding hydrogens is 208 g/mol. The summed E-state index contributed by atoms with van der Waals surface area (Å²) in [4.78, 5) is 10.5. The number of aliphatic carboxylic acids is 1. The summed E-state index contributed by atoms with van der Waals surface area (Å²) in [6.07, 6.45) is -0.0281. The van der Waals surface area contributed by atoms with E-state index < -0.39 is 11.6 Å². The van der Waals surface area contributed by atoms with E-state index in [1.165, 1.54) is 0 Å². The predicted octanol–water partition coefficient (Wildman–Crippen LogP) is 1.46. The van der Waals surface area contributed by atoms with Gasteiger partial charge in [-0.2, -0.15) is 0 Å². The second-order valence-electron chi connectivity index (χ2n) is 4.32. The quantitative estimate of drug-likeness (QED) is 0.794. The number of carboxylic acid groups (broad SMARTS) is 1. The van der Waals surface area contributed by atoms with Gasteiger partial charge in [-0.1, -0.05) is 12.1 Å². The van der Waals surface area contributed by atoms with Crippen LogP contribution in [0.4, 0.5) is 0 Å². The van der Waals surface area contributed by atoms with Crippen LogP contribution in [0.2, 0.25) is 0 Å². The molecule has 0 saturated heterocycles. The molecule has 0 radical (unpaired) electrons. The minimum atomic E-state index is -0.900. The number of hydrogen-bond donors (Lipinski definition) is 2. The molecule has 4 heteroatoms. The van der Waals surface area contributed by atoms with Gasteiger partial charge in [-0.15, -0.1) is 0 Å². The molecule has 1 aromatic rings. The summed E-state index contributed by atoms with van der Waals surface area (Å²) in [5, 5.41) is 18.1. The van der Waals surface area contributed by atoms with Gasteiger partial charge in [0.15, 0.2) is 0 Å².